The van der Waals surface area contributed by atoms with Gasteiger partial charge >= 0.3 is 0 Å². The molecule has 0 radical (unpaired) electrons. The maximum atomic E-state index is 10.9. The molecule has 0 amide bonds. The van der Waals surface area contributed by atoms with E-state index >= 15 is 0 Å². The number of benzene rings is 1. The average Bonchev–Trinajstić information content (AvgIpc) is 2.16. The quantitative estimate of drug-likeness (QED) is 0.432. The lowest BCUT2D eigenvalue weighted by Gasteiger charge is -2.00. The molecule has 4 nitrogen and oxygen atoms in total. The highest BCUT2D eigenvalue weighted by molar-refractivity contribution is 6.39. The molecule has 0 saturated heterocycles. The van der Waals surface area contributed by atoms with Gasteiger partial charge in [0.05, 0.1) is 0 Å². The number of rotatable bonds is 3. The average molecular weight is 193 g/mol. The number of nitrogens with zero attached hydrogens (tertiary/aromatic N) is 1. The minimum Gasteiger partial charge on any atom is -0.508 e. The number of oxime groups is 1. The molecule has 1 rings (SSSR count). The predicted molar refractivity (Wildman–Crippen MR) is 51.7 cm³/mol. The molecule has 0 aromatic heterocycles. The Morgan fingerprint density at radius 1 is 1.36 bits per heavy atom. The number of carbonyl (C=O) groups excluding carboxylic acids is 1. The minimum absolute atomic E-state index is 0.107. The summed E-state index contributed by atoms with van der Waals surface area (Å²) in [7, 11) is 0. The van der Waals surface area contributed by atoms with Crippen molar-refractivity contribution in [2.75, 3.05) is 0 Å². The van der Waals surface area contributed by atoms with E-state index in [0.717, 1.165) is 5.56 Å². The van der Waals surface area contributed by atoms with Gasteiger partial charge in [-0.2, -0.15) is 0 Å². The summed E-state index contributed by atoms with van der Waals surface area (Å²) >= 11 is 0. The van der Waals surface area contributed by atoms with Gasteiger partial charge in [0.15, 0.2) is 5.78 Å². The standard InChI is InChI=1S/C10H11NO3/c1-7(12)10(11-14)6-8-2-4-9(13)5-3-8/h2-5,13-14H,6H2,1H3/b11-10+. The summed E-state index contributed by atoms with van der Waals surface area (Å²) in [4.78, 5) is 10.9. The lowest BCUT2D eigenvalue weighted by molar-refractivity contribution is -0.111. The molecular weight excluding hydrogens is 182 g/mol. The first-order valence-electron chi connectivity index (χ1n) is 4.13. The Hall–Kier alpha value is -1.84. The molecule has 0 atom stereocenters. The van der Waals surface area contributed by atoms with E-state index in [9.17, 15) is 4.79 Å². The molecule has 2 N–H and O–H groups in total. The van der Waals surface area contributed by atoms with Crippen molar-refractivity contribution in [2.45, 2.75) is 13.3 Å². The van der Waals surface area contributed by atoms with Crippen LogP contribution in [0.15, 0.2) is 29.4 Å². The van der Waals surface area contributed by atoms with Gasteiger partial charge in [0.1, 0.15) is 11.5 Å². The third-order valence-corrected chi connectivity index (χ3v) is 1.84. The molecule has 1 aromatic rings. The summed E-state index contributed by atoms with van der Waals surface area (Å²) in [6, 6.07) is 6.38. The van der Waals surface area contributed by atoms with Crippen molar-refractivity contribution >= 4 is 11.5 Å². The number of phenolic OH excluding ortho intramolecular Hbond substituents is 1. The number of Topliss-reactive ketones (excluding diaryl/α,β-unsaturated/α-hetero) is 1. The van der Waals surface area contributed by atoms with E-state index < -0.39 is 0 Å². The molecule has 0 fully saturated rings. The zero-order chi connectivity index (χ0) is 10.6. The van der Waals surface area contributed by atoms with E-state index in [1.54, 1.807) is 12.1 Å². The van der Waals surface area contributed by atoms with Gasteiger partial charge in [-0.3, -0.25) is 4.79 Å². The van der Waals surface area contributed by atoms with E-state index in [4.69, 9.17) is 10.3 Å². The van der Waals surface area contributed by atoms with Crippen LogP contribution in [0.1, 0.15) is 12.5 Å². The number of hydrogen-bond donors (Lipinski definition) is 2. The molecule has 74 valence electrons. The SMILES string of the molecule is CC(=O)/C(Cc1ccc(O)cc1)=N/O. The molecule has 0 aliphatic heterocycles. The van der Waals surface area contributed by atoms with Gasteiger partial charge in [-0.15, -0.1) is 0 Å². The van der Waals surface area contributed by atoms with Crippen LogP contribution in [-0.2, 0) is 11.2 Å². The monoisotopic (exact) mass is 193 g/mol. The summed E-state index contributed by atoms with van der Waals surface area (Å²) in [5.41, 5.74) is 0.918. The maximum Gasteiger partial charge on any atom is 0.177 e. The number of carbonyl (C=O) groups is 1. The minimum atomic E-state index is -0.263. The smallest absolute Gasteiger partial charge is 0.177 e. The number of aromatic hydroxyl groups is 1. The van der Waals surface area contributed by atoms with E-state index in [-0.39, 0.29) is 23.7 Å². The normalized spacial score (nSPS) is 11.4. The predicted octanol–water partition coefficient (Wildman–Crippen LogP) is 1.35. The van der Waals surface area contributed by atoms with Crippen molar-refractivity contribution in [1.29, 1.82) is 0 Å². The van der Waals surface area contributed by atoms with Crippen LogP contribution in [0.3, 0.4) is 0 Å². The van der Waals surface area contributed by atoms with Crippen molar-refractivity contribution < 1.29 is 15.1 Å². The fourth-order valence-electron chi connectivity index (χ4n) is 1.04. The Morgan fingerprint density at radius 2 is 1.93 bits per heavy atom. The van der Waals surface area contributed by atoms with E-state index in [1.807, 2.05) is 0 Å². The molecule has 0 unspecified atom stereocenters. The highest BCUT2D eigenvalue weighted by Gasteiger charge is 2.07. The lowest BCUT2D eigenvalue weighted by Crippen LogP contribution is -2.13. The van der Waals surface area contributed by atoms with Gasteiger partial charge in [-0.25, -0.2) is 0 Å². The second-order valence-electron chi connectivity index (χ2n) is 2.95. The Kier molecular flexibility index (Phi) is 3.23. The van der Waals surface area contributed by atoms with Gasteiger partial charge in [0.25, 0.3) is 0 Å². The number of ketones is 1. The lowest BCUT2D eigenvalue weighted by atomic mass is 10.1. The molecule has 0 heterocycles. The molecular formula is C10H11NO3. The molecule has 0 aliphatic carbocycles. The zero-order valence-electron chi connectivity index (χ0n) is 7.77. The van der Waals surface area contributed by atoms with Gasteiger partial charge < -0.3 is 10.3 Å². The molecule has 14 heavy (non-hydrogen) atoms. The Bertz CT molecular complexity index is 354. The highest BCUT2D eigenvalue weighted by Crippen LogP contribution is 2.10. The van der Waals surface area contributed by atoms with Crippen molar-refractivity contribution in [1.82, 2.24) is 0 Å². The summed E-state index contributed by atoms with van der Waals surface area (Å²) in [6.07, 6.45) is 0.270. The molecule has 0 spiro atoms. The van der Waals surface area contributed by atoms with Crippen LogP contribution in [0.4, 0.5) is 0 Å². The number of phenols is 1. The van der Waals surface area contributed by atoms with E-state index in [0.29, 0.717) is 0 Å². The maximum absolute atomic E-state index is 10.9. The Morgan fingerprint density at radius 3 is 2.36 bits per heavy atom. The molecule has 0 aliphatic rings. The van der Waals surface area contributed by atoms with Crippen LogP contribution in [0, 0.1) is 0 Å². The van der Waals surface area contributed by atoms with Gasteiger partial charge in [0.2, 0.25) is 0 Å². The van der Waals surface area contributed by atoms with Crippen LogP contribution >= 0.6 is 0 Å². The molecule has 0 bridgehead atoms. The van der Waals surface area contributed by atoms with Crippen LogP contribution in [0.25, 0.3) is 0 Å². The fraction of sp³-hybridized carbons (Fsp3) is 0.200. The van der Waals surface area contributed by atoms with Crippen LogP contribution < -0.4 is 0 Å². The summed E-state index contributed by atoms with van der Waals surface area (Å²) in [6.45, 7) is 1.34. The van der Waals surface area contributed by atoms with Crippen LogP contribution in [-0.4, -0.2) is 21.8 Å². The first kappa shape index (κ1) is 10.2. The van der Waals surface area contributed by atoms with Crippen molar-refractivity contribution in [3.05, 3.63) is 29.8 Å². The Balaban J connectivity index is 2.78. The number of hydrogen-bond acceptors (Lipinski definition) is 4. The zero-order valence-corrected chi connectivity index (χ0v) is 7.77. The van der Waals surface area contributed by atoms with E-state index in [2.05, 4.69) is 5.16 Å². The van der Waals surface area contributed by atoms with Gasteiger partial charge in [-0.05, 0) is 17.7 Å². The Labute approximate surface area is 81.5 Å². The van der Waals surface area contributed by atoms with Crippen LogP contribution in [0.2, 0.25) is 0 Å². The third-order valence-electron chi connectivity index (χ3n) is 1.84. The van der Waals surface area contributed by atoms with E-state index in [1.165, 1.54) is 19.1 Å². The first-order valence-corrected chi connectivity index (χ1v) is 4.13. The molecule has 0 saturated carbocycles. The van der Waals surface area contributed by atoms with Crippen molar-refractivity contribution in [3.8, 4) is 5.75 Å². The highest BCUT2D eigenvalue weighted by atomic mass is 16.4. The third kappa shape index (κ3) is 2.58. The topological polar surface area (TPSA) is 69.9 Å². The van der Waals surface area contributed by atoms with Gasteiger partial charge in [0, 0.05) is 13.3 Å². The summed E-state index contributed by atoms with van der Waals surface area (Å²) in [5, 5.41) is 20.5. The largest absolute Gasteiger partial charge is 0.508 e. The second kappa shape index (κ2) is 4.41. The summed E-state index contributed by atoms with van der Waals surface area (Å²) < 4.78 is 0. The molecule has 1 aromatic carbocycles. The first-order chi connectivity index (χ1) is 6.63. The summed E-state index contributed by atoms with van der Waals surface area (Å²) in [5.74, 6) is -0.0976. The fourth-order valence-corrected chi connectivity index (χ4v) is 1.04. The van der Waals surface area contributed by atoms with Crippen LogP contribution in [0.5, 0.6) is 5.75 Å². The van der Waals surface area contributed by atoms with Gasteiger partial charge in [-0.1, -0.05) is 17.3 Å². The second-order valence-corrected chi connectivity index (χ2v) is 2.95. The van der Waals surface area contributed by atoms with Crippen molar-refractivity contribution in [2.24, 2.45) is 5.16 Å². The molecule has 4 heteroatoms. The van der Waals surface area contributed by atoms with Crippen molar-refractivity contribution in [3.63, 3.8) is 0 Å².